The van der Waals surface area contributed by atoms with E-state index < -0.39 is 0 Å². The molecule has 3 aromatic rings. The fourth-order valence-corrected chi connectivity index (χ4v) is 5.13. The Kier molecular flexibility index (Phi) is 7.18. The summed E-state index contributed by atoms with van der Waals surface area (Å²) in [6.45, 7) is 5.51. The van der Waals surface area contributed by atoms with Crippen LogP contribution in [0.5, 0.6) is 0 Å². The second-order valence-electron chi connectivity index (χ2n) is 8.86. The fourth-order valence-electron chi connectivity index (χ4n) is 4.68. The molecule has 2 aliphatic rings. The molecule has 0 spiro atoms. The zero-order chi connectivity index (χ0) is 23.5. The predicted molar refractivity (Wildman–Crippen MR) is 136 cm³/mol. The molecule has 1 aromatic heterocycles. The number of piperazine rings is 1. The number of amides is 1. The van der Waals surface area contributed by atoms with E-state index in [1.807, 2.05) is 47.4 Å². The highest BCUT2D eigenvalue weighted by Crippen LogP contribution is 2.25. The summed E-state index contributed by atoms with van der Waals surface area (Å²) in [4.78, 5) is 24.3. The summed E-state index contributed by atoms with van der Waals surface area (Å²) in [5, 5.41) is 4.86. The van der Waals surface area contributed by atoms with Crippen LogP contribution in [0, 0.1) is 5.92 Å². The topological polar surface area (TPSA) is 65.7 Å². The van der Waals surface area contributed by atoms with Crippen molar-refractivity contribution in [1.29, 1.82) is 0 Å². The van der Waals surface area contributed by atoms with Crippen LogP contribution in [0.1, 0.15) is 18.7 Å². The minimum atomic E-state index is 0.0926. The molecule has 2 aromatic carbocycles. The molecule has 0 saturated carbocycles. The van der Waals surface area contributed by atoms with Gasteiger partial charge in [-0.3, -0.25) is 9.69 Å². The van der Waals surface area contributed by atoms with E-state index in [0.29, 0.717) is 24.2 Å². The molecule has 178 valence electrons. The van der Waals surface area contributed by atoms with Crippen molar-refractivity contribution in [3.63, 3.8) is 0 Å². The largest absolute Gasteiger partial charge is 0.368 e. The van der Waals surface area contributed by atoms with E-state index >= 15 is 0 Å². The average molecular weight is 545 g/mol. The minimum Gasteiger partial charge on any atom is -0.368 e. The van der Waals surface area contributed by atoms with Gasteiger partial charge in [0.2, 0.25) is 17.6 Å². The van der Waals surface area contributed by atoms with Gasteiger partial charge in [0.1, 0.15) is 0 Å². The number of anilines is 1. The summed E-state index contributed by atoms with van der Waals surface area (Å²) in [7, 11) is 0. The third kappa shape index (κ3) is 5.45. The molecule has 0 N–H and O–H groups in total. The van der Waals surface area contributed by atoms with Crippen molar-refractivity contribution in [2.45, 2.75) is 19.4 Å². The Labute approximate surface area is 212 Å². The minimum absolute atomic E-state index is 0.0926. The lowest BCUT2D eigenvalue weighted by atomic mass is 9.95. The Balaban J connectivity index is 1.09. The molecule has 0 radical (unpaired) electrons. The van der Waals surface area contributed by atoms with Crippen LogP contribution in [0.25, 0.3) is 11.4 Å². The maximum atomic E-state index is 13.1. The lowest BCUT2D eigenvalue weighted by Gasteiger charge is -2.39. The number of aromatic nitrogens is 2. The number of hydrogen-bond donors (Lipinski definition) is 0. The van der Waals surface area contributed by atoms with Crippen molar-refractivity contribution in [1.82, 2.24) is 19.9 Å². The van der Waals surface area contributed by atoms with E-state index in [2.05, 4.69) is 41.9 Å². The number of nitrogens with zero attached hydrogens (tertiary/aromatic N) is 5. The quantitative estimate of drug-likeness (QED) is 0.463. The fraction of sp³-hybridized carbons (Fsp3) is 0.400. The van der Waals surface area contributed by atoms with Gasteiger partial charge >= 0.3 is 0 Å². The number of halogens is 2. The molecule has 0 atom stereocenters. The number of carbonyl (C=O) groups is 1. The molecule has 9 heteroatoms. The van der Waals surface area contributed by atoms with Crippen LogP contribution in [-0.2, 0) is 11.3 Å². The molecule has 2 aliphatic heterocycles. The molecule has 1 amide bonds. The summed E-state index contributed by atoms with van der Waals surface area (Å²) in [5.74, 6) is 1.60. The highest BCUT2D eigenvalue weighted by Gasteiger charge is 2.31. The Morgan fingerprint density at radius 3 is 2.47 bits per heavy atom. The first-order valence-corrected chi connectivity index (χ1v) is 12.8. The van der Waals surface area contributed by atoms with E-state index in [4.69, 9.17) is 16.1 Å². The van der Waals surface area contributed by atoms with Crippen molar-refractivity contribution in [2.24, 2.45) is 5.92 Å². The Hall–Kier alpha value is -2.42. The second kappa shape index (κ2) is 10.5. The molecule has 2 fully saturated rings. The molecule has 3 heterocycles. The smallest absolute Gasteiger partial charge is 0.241 e. The molecule has 0 bridgehead atoms. The summed E-state index contributed by atoms with van der Waals surface area (Å²) in [5.41, 5.74) is 2.05. The lowest BCUT2D eigenvalue weighted by Crippen LogP contribution is -2.51. The maximum absolute atomic E-state index is 13.1. The molecule has 0 aliphatic carbocycles. The second-order valence-corrected chi connectivity index (χ2v) is 10.2. The number of likely N-dealkylation sites (tertiary alicyclic amines) is 1. The van der Waals surface area contributed by atoms with Crippen molar-refractivity contribution in [3.8, 4) is 11.4 Å². The van der Waals surface area contributed by atoms with Gasteiger partial charge in [-0.25, -0.2) is 0 Å². The van der Waals surface area contributed by atoms with Gasteiger partial charge in [0, 0.05) is 52.8 Å². The lowest BCUT2D eigenvalue weighted by molar-refractivity contribution is -0.137. The van der Waals surface area contributed by atoms with Gasteiger partial charge < -0.3 is 14.3 Å². The number of piperidine rings is 1. The van der Waals surface area contributed by atoms with Crippen molar-refractivity contribution < 1.29 is 9.32 Å². The van der Waals surface area contributed by atoms with Gasteiger partial charge in [-0.15, -0.1) is 0 Å². The van der Waals surface area contributed by atoms with Crippen molar-refractivity contribution >= 4 is 39.1 Å². The zero-order valence-corrected chi connectivity index (χ0v) is 21.2. The Bertz CT molecular complexity index is 1120. The van der Waals surface area contributed by atoms with E-state index in [1.54, 1.807) is 0 Å². The summed E-state index contributed by atoms with van der Waals surface area (Å²) in [6.07, 6.45) is 1.72. The summed E-state index contributed by atoms with van der Waals surface area (Å²) < 4.78 is 6.49. The highest BCUT2D eigenvalue weighted by molar-refractivity contribution is 9.10. The highest BCUT2D eigenvalue weighted by atomic mass is 79.9. The third-order valence-electron chi connectivity index (χ3n) is 6.63. The monoisotopic (exact) mass is 543 g/mol. The van der Waals surface area contributed by atoms with Crippen LogP contribution in [0.4, 0.5) is 5.69 Å². The molecule has 34 heavy (non-hydrogen) atoms. The van der Waals surface area contributed by atoms with Crippen LogP contribution in [0.15, 0.2) is 57.5 Å². The van der Waals surface area contributed by atoms with E-state index in [-0.39, 0.29) is 5.92 Å². The maximum Gasteiger partial charge on any atom is 0.241 e. The van der Waals surface area contributed by atoms with Gasteiger partial charge in [0.25, 0.3) is 0 Å². The standard InChI is InChI=1S/C25H27BrClN5O2/c26-20-6-4-18(5-7-20)24-28-23(34-29-24)17-30-10-8-19(9-11-30)25(33)32-14-12-31(13-15-32)22-3-1-2-21(27)16-22/h1-7,16,19H,8-15,17H2. The van der Waals surface area contributed by atoms with Gasteiger partial charge in [-0.05, 0) is 68.4 Å². The summed E-state index contributed by atoms with van der Waals surface area (Å²) in [6, 6.07) is 15.8. The van der Waals surface area contributed by atoms with E-state index in [1.165, 1.54) is 0 Å². The first-order chi connectivity index (χ1) is 16.5. The van der Waals surface area contributed by atoms with E-state index in [0.717, 1.165) is 72.9 Å². The number of benzene rings is 2. The SMILES string of the molecule is O=C(C1CCN(Cc2nc(-c3ccc(Br)cc3)no2)CC1)N1CCN(c2cccc(Cl)c2)CC1. The van der Waals surface area contributed by atoms with Gasteiger partial charge in [0.05, 0.1) is 6.54 Å². The van der Waals surface area contributed by atoms with Gasteiger partial charge in [-0.2, -0.15) is 4.98 Å². The third-order valence-corrected chi connectivity index (χ3v) is 7.39. The van der Waals surface area contributed by atoms with Crippen molar-refractivity contribution in [3.05, 3.63) is 63.9 Å². The van der Waals surface area contributed by atoms with Crippen LogP contribution in [-0.4, -0.2) is 65.1 Å². The molecule has 5 rings (SSSR count). The first-order valence-electron chi connectivity index (χ1n) is 11.7. The molecule has 2 saturated heterocycles. The molecular weight excluding hydrogens is 518 g/mol. The van der Waals surface area contributed by atoms with Crippen LogP contribution in [0.2, 0.25) is 5.02 Å². The van der Waals surface area contributed by atoms with Crippen LogP contribution < -0.4 is 4.90 Å². The van der Waals surface area contributed by atoms with Crippen molar-refractivity contribution in [2.75, 3.05) is 44.2 Å². The molecule has 0 unspecified atom stereocenters. The number of hydrogen-bond acceptors (Lipinski definition) is 6. The van der Waals surface area contributed by atoms with Crippen LogP contribution >= 0.6 is 27.5 Å². The summed E-state index contributed by atoms with van der Waals surface area (Å²) >= 11 is 9.57. The number of rotatable bonds is 5. The van der Waals surface area contributed by atoms with Crippen LogP contribution in [0.3, 0.4) is 0 Å². The van der Waals surface area contributed by atoms with Gasteiger partial charge in [0.15, 0.2) is 0 Å². The number of carbonyl (C=O) groups excluding carboxylic acids is 1. The normalized spacial score (nSPS) is 17.8. The Morgan fingerprint density at radius 2 is 1.76 bits per heavy atom. The van der Waals surface area contributed by atoms with Gasteiger partial charge in [-0.1, -0.05) is 38.8 Å². The average Bonchev–Trinajstić information content (AvgIpc) is 3.33. The first kappa shape index (κ1) is 23.3. The zero-order valence-electron chi connectivity index (χ0n) is 18.9. The molecular formula is C25H27BrClN5O2. The Morgan fingerprint density at radius 1 is 1.03 bits per heavy atom. The molecule has 7 nitrogen and oxygen atoms in total. The van der Waals surface area contributed by atoms with E-state index in [9.17, 15) is 4.79 Å². The predicted octanol–water partition coefficient (Wildman–Crippen LogP) is 4.71.